The van der Waals surface area contributed by atoms with Crippen LogP contribution >= 0.6 is 0 Å². The van der Waals surface area contributed by atoms with Crippen LogP contribution in [0, 0.1) is 5.92 Å². The van der Waals surface area contributed by atoms with Gasteiger partial charge in [-0.15, -0.1) is 0 Å². The molecule has 0 bridgehead atoms. The molecule has 0 spiro atoms. The van der Waals surface area contributed by atoms with Crippen molar-refractivity contribution in [1.29, 1.82) is 0 Å². The Morgan fingerprint density at radius 3 is 2.92 bits per heavy atom. The van der Waals surface area contributed by atoms with E-state index in [1.165, 1.54) is 25.7 Å². The molecule has 5 heteroatoms. The molecule has 1 aliphatic heterocycles. The summed E-state index contributed by atoms with van der Waals surface area (Å²) in [5.74, 6) is 2.44. The van der Waals surface area contributed by atoms with E-state index >= 15 is 0 Å². The molecule has 0 aromatic carbocycles. The molecular weight excluding hydrogens is 312 g/mol. The van der Waals surface area contributed by atoms with Crippen LogP contribution in [0.25, 0.3) is 11.2 Å². The number of pyridine rings is 1. The summed E-state index contributed by atoms with van der Waals surface area (Å²) in [4.78, 5) is 24.1. The highest BCUT2D eigenvalue weighted by molar-refractivity contribution is 5.77. The summed E-state index contributed by atoms with van der Waals surface area (Å²) in [7, 11) is 0. The SMILES string of the molecule is CCCn1c([C@H]2CCN(C(=O)CC3CCCC3)C2)nc2cccnc21. The number of nitrogens with zero attached hydrogens (tertiary/aromatic N) is 4. The lowest BCUT2D eigenvalue weighted by Crippen LogP contribution is -2.30. The van der Waals surface area contributed by atoms with Crippen LogP contribution in [0.15, 0.2) is 18.3 Å². The van der Waals surface area contributed by atoms with Crippen LogP contribution in [0.1, 0.15) is 63.6 Å². The quantitative estimate of drug-likeness (QED) is 0.833. The first-order valence-electron chi connectivity index (χ1n) is 9.85. The van der Waals surface area contributed by atoms with Crippen LogP contribution in [0.5, 0.6) is 0 Å². The lowest BCUT2D eigenvalue weighted by Gasteiger charge is -2.19. The number of imidazole rings is 1. The van der Waals surface area contributed by atoms with Gasteiger partial charge >= 0.3 is 0 Å². The smallest absolute Gasteiger partial charge is 0.222 e. The van der Waals surface area contributed by atoms with E-state index in [-0.39, 0.29) is 0 Å². The molecule has 134 valence electrons. The van der Waals surface area contributed by atoms with Gasteiger partial charge in [-0.05, 0) is 43.7 Å². The maximum absolute atomic E-state index is 12.6. The molecule has 0 radical (unpaired) electrons. The van der Waals surface area contributed by atoms with Crippen LogP contribution in [0.4, 0.5) is 0 Å². The maximum atomic E-state index is 12.6. The Labute approximate surface area is 149 Å². The van der Waals surface area contributed by atoms with Crippen molar-refractivity contribution in [3.63, 3.8) is 0 Å². The van der Waals surface area contributed by atoms with Crippen LogP contribution in [0.3, 0.4) is 0 Å². The molecule has 2 aromatic heterocycles. The maximum Gasteiger partial charge on any atom is 0.222 e. The van der Waals surface area contributed by atoms with Crippen LogP contribution in [-0.4, -0.2) is 38.4 Å². The minimum atomic E-state index is 0.341. The second-order valence-electron chi connectivity index (χ2n) is 7.65. The molecule has 1 atom stereocenters. The lowest BCUT2D eigenvalue weighted by atomic mass is 10.0. The summed E-state index contributed by atoms with van der Waals surface area (Å²) in [6, 6.07) is 3.98. The van der Waals surface area contributed by atoms with Crippen molar-refractivity contribution >= 4 is 17.1 Å². The summed E-state index contributed by atoms with van der Waals surface area (Å²) in [5, 5.41) is 0. The number of carbonyl (C=O) groups is 1. The Bertz CT molecular complexity index is 747. The minimum absolute atomic E-state index is 0.341. The number of aryl methyl sites for hydroxylation is 1. The van der Waals surface area contributed by atoms with Gasteiger partial charge in [-0.25, -0.2) is 9.97 Å². The topological polar surface area (TPSA) is 51.0 Å². The number of carbonyl (C=O) groups excluding carboxylic acids is 1. The molecule has 0 N–H and O–H groups in total. The number of fused-ring (bicyclic) bond motifs is 1. The van der Waals surface area contributed by atoms with Crippen molar-refractivity contribution in [2.45, 2.75) is 64.3 Å². The van der Waals surface area contributed by atoms with Gasteiger partial charge in [0, 0.05) is 38.2 Å². The van der Waals surface area contributed by atoms with Crippen molar-refractivity contribution in [3.8, 4) is 0 Å². The highest BCUT2D eigenvalue weighted by atomic mass is 16.2. The molecule has 0 unspecified atom stereocenters. The lowest BCUT2D eigenvalue weighted by molar-refractivity contribution is -0.131. The molecule has 2 fully saturated rings. The summed E-state index contributed by atoms with van der Waals surface area (Å²) in [5.41, 5.74) is 1.96. The molecular formula is C20H28N4O. The molecule has 2 aromatic rings. The Morgan fingerprint density at radius 2 is 2.12 bits per heavy atom. The van der Waals surface area contributed by atoms with Gasteiger partial charge < -0.3 is 9.47 Å². The Kier molecular flexibility index (Phi) is 4.73. The highest BCUT2D eigenvalue weighted by Gasteiger charge is 2.32. The van der Waals surface area contributed by atoms with E-state index in [2.05, 4.69) is 21.4 Å². The highest BCUT2D eigenvalue weighted by Crippen LogP contribution is 2.32. The van der Waals surface area contributed by atoms with Crippen LogP contribution in [0.2, 0.25) is 0 Å². The van der Waals surface area contributed by atoms with Gasteiger partial charge in [0.1, 0.15) is 11.3 Å². The van der Waals surface area contributed by atoms with Gasteiger partial charge in [-0.1, -0.05) is 19.8 Å². The van der Waals surface area contributed by atoms with E-state index in [0.29, 0.717) is 17.7 Å². The third kappa shape index (κ3) is 3.29. The number of amides is 1. The fourth-order valence-electron chi connectivity index (χ4n) is 4.52. The normalized spacial score (nSPS) is 21.5. The second kappa shape index (κ2) is 7.14. The van der Waals surface area contributed by atoms with Crippen molar-refractivity contribution in [3.05, 3.63) is 24.2 Å². The molecule has 4 rings (SSSR count). The van der Waals surface area contributed by atoms with Gasteiger partial charge in [0.05, 0.1) is 0 Å². The third-order valence-electron chi connectivity index (χ3n) is 5.82. The predicted octanol–water partition coefficient (Wildman–Crippen LogP) is 3.74. The average Bonchev–Trinajstić information content (AvgIpc) is 3.34. The predicted molar refractivity (Wildman–Crippen MR) is 98.3 cm³/mol. The zero-order chi connectivity index (χ0) is 17.2. The van der Waals surface area contributed by atoms with E-state index in [1.54, 1.807) is 0 Å². The van der Waals surface area contributed by atoms with Gasteiger partial charge in [-0.3, -0.25) is 4.79 Å². The molecule has 1 amide bonds. The fourth-order valence-corrected chi connectivity index (χ4v) is 4.52. The molecule has 5 nitrogen and oxygen atoms in total. The molecule has 1 aliphatic carbocycles. The van der Waals surface area contributed by atoms with Gasteiger partial charge in [0.25, 0.3) is 0 Å². The second-order valence-corrected chi connectivity index (χ2v) is 7.65. The minimum Gasteiger partial charge on any atom is -0.342 e. The summed E-state index contributed by atoms with van der Waals surface area (Å²) >= 11 is 0. The number of aromatic nitrogens is 3. The first-order chi connectivity index (χ1) is 12.3. The summed E-state index contributed by atoms with van der Waals surface area (Å²) in [6.07, 6.45) is 9.74. The van der Waals surface area contributed by atoms with E-state index < -0.39 is 0 Å². The zero-order valence-corrected chi connectivity index (χ0v) is 15.2. The standard InChI is InChI=1S/C20H28N4O/c1-2-11-24-19(22-17-8-5-10-21-20(17)24)16-9-12-23(14-16)18(25)13-15-6-3-4-7-15/h5,8,10,15-16H,2-4,6-7,9,11-14H2,1H3/t16-/m0/s1. The summed E-state index contributed by atoms with van der Waals surface area (Å²) in [6.45, 7) is 4.82. The van der Waals surface area contributed by atoms with E-state index in [4.69, 9.17) is 4.98 Å². The van der Waals surface area contributed by atoms with E-state index in [9.17, 15) is 4.79 Å². The van der Waals surface area contributed by atoms with E-state index in [1.807, 2.05) is 18.3 Å². The molecule has 25 heavy (non-hydrogen) atoms. The Balaban J connectivity index is 1.50. The first kappa shape index (κ1) is 16.6. The molecule has 2 aliphatic rings. The molecule has 1 saturated carbocycles. The van der Waals surface area contributed by atoms with Crippen molar-refractivity contribution in [1.82, 2.24) is 19.4 Å². The van der Waals surface area contributed by atoms with Crippen LogP contribution in [-0.2, 0) is 11.3 Å². The van der Waals surface area contributed by atoms with E-state index in [0.717, 1.165) is 55.9 Å². The van der Waals surface area contributed by atoms with Crippen LogP contribution < -0.4 is 0 Å². The molecule has 1 saturated heterocycles. The number of hydrogen-bond donors (Lipinski definition) is 0. The fraction of sp³-hybridized carbons (Fsp3) is 0.650. The number of likely N-dealkylation sites (tertiary alicyclic amines) is 1. The third-order valence-corrected chi connectivity index (χ3v) is 5.82. The van der Waals surface area contributed by atoms with Crippen molar-refractivity contribution in [2.75, 3.05) is 13.1 Å². The number of hydrogen-bond acceptors (Lipinski definition) is 3. The zero-order valence-electron chi connectivity index (χ0n) is 15.2. The monoisotopic (exact) mass is 340 g/mol. The number of rotatable bonds is 5. The van der Waals surface area contributed by atoms with Gasteiger partial charge in [-0.2, -0.15) is 0 Å². The van der Waals surface area contributed by atoms with Crippen molar-refractivity contribution in [2.24, 2.45) is 5.92 Å². The largest absolute Gasteiger partial charge is 0.342 e. The van der Waals surface area contributed by atoms with Gasteiger partial charge in [0.2, 0.25) is 5.91 Å². The van der Waals surface area contributed by atoms with Crippen molar-refractivity contribution < 1.29 is 4.79 Å². The first-order valence-corrected chi connectivity index (χ1v) is 9.85. The summed E-state index contributed by atoms with van der Waals surface area (Å²) < 4.78 is 2.27. The Morgan fingerprint density at radius 1 is 1.28 bits per heavy atom. The Hall–Kier alpha value is -1.91. The van der Waals surface area contributed by atoms with Gasteiger partial charge in [0.15, 0.2) is 5.65 Å². The average molecular weight is 340 g/mol. The molecule has 3 heterocycles.